The number of anilines is 2. The first-order valence-corrected chi connectivity index (χ1v) is 6.33. The molecule has 2 fully saturated rings. The van der Waals surface area contributed by atoms with E-state index in [0.29, 0.717) is 11.9 Å². The quantitative estimate of drug-likeness (QED) is 0.547. The van der Waals surface area contributed by atoms with E-state index in [-0.39, 0.29) is 0 Å². The molecule has 0 radical (unpaired) electrons. The number of nitrogens with zero attached hydrogens (tertiary/aromatic N) is 2. The monoisotopic (exact) mass is 233 g/mol. The largest absolute Gasteiger partial charge is 0.367 e. The highest BCUT2D eigenvalue weighted by Crippen LogP contribution is 2.45. The minimum absolute atomic E-state index is 0.591. The summed E-state index contributed by atoms with van der Waals surface area (Å²) in [6.45, 7) is 1.88. The van der Waals surface area contributed by atoms with E-state index >= 15 is 0 Å². The van der Waals surface area contributed by atoms with Crippen LogP contribution in [0.3, 0.4) is 0 Å². The summed E-state index contributed by atoms with van der Waals surface area (Å²) in [6.07, 6.45) is 5.47. The highest BCUT2D eigenvalue weighted by atomic mass is 15.3. The number of hydrazine groups is 1. The Kier molecular flexibility index (Phi) is 2.63. The maximum Gasteiger partial charge on any atom is 0.145 e. The Hall–Kier alpha value is -1.36. The van der Waals surface area contributed by atoms with Crippen LogP contribution in [0.1, 0.15) is 31.5 Å². The van der Waals surface area contributed by atoms with Crippen LogP contribution in [0.2, 0.25) is 0 Å². The fraction of sp³-hybridized carbons (Fsp3) is 0.667. The van der Waals surface area contributed by atoms with Crippen LogP contribution >= 0.6 is 0 Å². The maximum atomic E-state index is 5.39. The standard InChI is InChI=1S/C12H19N5/c1-7-14-11(6-12(15-7)17-13)16-10-5-8-2-3-9(10)4-8/h6,8-10H,2-5,13H2,1H3,(H2,14,15,16,17). The van der Waals surface area contributed by atoms with Gasteiger partial charge in [0.05, 0.1) is 0 Å². The van der Waals surface area contributed by atoms with E-state index in [9.17, 15) is 0 Å². The van der Waals surface area contributed by atoms with E-state index in [1.54, 1.807) is 0 Å². The van der Waals surface area contributed by atoms with Crippen molar-refractivity contribution in [1.29, 1.82) is 0 Å². The molecule has 2 saturated carbocycles. The van der Waals surface area contributed by atoms with Crippen molar-refractivity contribution in [2.45, 2.75) is 38.6 Å². The molecule has 3 atom stereocenters. The molecule has 3 unspecified atom stereocenters. The third-order valence-electron chi connectivity index (χ3n) is 4.06. The molecule has 1 aromatic heterocycles. The Balaban J connectivity index is 1.74. The van der Waals surface area contributed by atoms with Crippen molar-refractivity contribution in [3.63, 3.8) is 0 Å². The van der Waals surface area contributed by atoms with Crippen LogP contribution in [0, 0.1) is 18.8 Å². The lowest BCUT2D eigenvalue weighted by atomic mass is 9.95. The first-order chi connectivity index (χ1) is 8.24. The minimum atomic E-state index is 0.591. The molecule has 0 saturated heterocycles. The van der Waals surface area contributed by atoms with E-state index in [0.717, 1.165) is 23.5 Å². The van der Waals surface area contributed by atoms with Gasteiger partial charge in [-0.3, -0.25) is 0 Å². The van der Waals surface area contributed by atoms with E-state index in [1.807, 2.05) is 13.0 Å². The van der Waals surface area contributed by atoms with Gasteiger partial charge in [0, 0.05) is 12.1 Å². The highest BCUT2D eigenvalue weighted by Gasteiger charge is 2.39. The number of fused-ring (bicyclic) bond motifs is 2. The Morgan fingerprint density at radius 3 is 2.71 bits per heavy atom. The first kappa shape index (κ1) is 10.8. The third-order valence-corrected chi connectivity index (χ3v) is 4.06. The molecule has 0 spiro atoms. The van der Waals surface area contributed by atoms with Gasteiger partial charge in [0.2, 0.25) is 0 Å². The van der Waals surface area contributed by atoms with Crippen LogP contribution in [0.5, 0.6) is 0 Å². The summed E-state index contributed by atoms with van der Waals surface area (Å²) in [5.41, 5.74) is 2.58. The van der Waals surface area contributed by atoms with Crippen molar-refractivity contribution in [1.82, 2.24) is 9.97 Å². The zero-order valence-corrected chi connectivity index (χ0v) is 10.1. The smallest absolute Gasteiger partial charge is 0.145 e. The van der Waals surface area contributed by atoms with Crippen LogP contribution in [-0.2, 0) is 0 Å². The zero-order chi connectivity index (χ0) is 11.8. The zero-order valence-electron chi connectivity index (χ0n) is 10.1. The molecule has 1 heterocycles. The molecule has 0 amide bonds. The highest BCUT2D eigenvalue weighted by molar-refractivity contribution is 5.47. The number of aryl methyl sites for hydroxylation is 1. The van der Waals surface area contributed by atoms with Gasteiger partial charge in [0.1, 0.15) is 17.5 Å². The molecule has 4 N–H and O–H groups in total. The number of rotatable bonds is 3. The summed E-state index contributed by atoms with van der Waals surface area (Å²) >= 11 is 0. The molecule has 5 heteroatoms. The van der Waals surface area contributed by atoms with Crippen molar-refractivity contribution in [3.05, 3.63) is 11.9 Å². The van der Waals surface area contributed by atoms with E-state index < -0.39 is 0 Å². The Bertz CT molecular complexity index is 419. The van der Waals surface area contributed by atoms with Crippen LogP contribution in [0.4, 0.5) is 11.6 Å². The van der Waals surface area contributed by atoms with E-state index in [1.165, 1.54) is 25.7 Å². The molecule has 5 nitrogen and oxygen atoms in total. The topological polar surface area (TPSA) is 75.9 Å². The van der Waals surface area contributed by atoms with Crippen molar-refractivity contribution in [2.75, 3.05) is 10.7 Å². The molecular weight excluding hydrogens is 214 g/mol. The first-order valence-electron chi connectivity index (χ1n) is 6.33. The third kappa shape index (κ3) is 2.07. The molecule has 0 aromatic carbocycles. The van der Waals surface area contributed by atoms with Gasteiger partial charge in [-0.2, -0.15) is 0 Å². The lowest BCUT2D eigenvalue weighted by Crippen LogP contribution is -2.26. The summed E-state index contributed by atoms with van der Waals surface area (Å²) in [7, 11) is 0. The number of hydrogen-bond acceptors (Lipinski definition) is 5. The summed E-state index contributed by atoms with van der Waals surface area (Å²) in [5.74, 6) is 9.47. The molecule has 17 heavy (non-hydrogen) atoms. The Morgan fingerprint density at radius 2 is 2.06 bits per heavy atom. The summed E-state index contributed by atoms with van der Waals surface area (Å²) in [4.78, 5) is 8.60. The Morgan fingerprint density at radius 1 is 1.24 bits per heavy atom. The van der Waals surface area contributed by atoms with Gasteiger partial charge in [-0.1, -0.05) is 6.42 Å². The molecular formula is C12H19N5. The lowest BCUT2D eigenvalue weighted by Gasteiger charge is -2.23. The molecule has 2 aliphatic rings. The van der Waals surface area contributed by atoms with E-state index in [4.69, 9.17) is 5.84 Å². The molecule has 3 rings (SSSR count). The van der Waals surface area contributed by atoms with Crippen LogP contribution in [0.25, 0.3) is 0 Å². The number of nitrogen functional groups attached to an aromatic ring is 1. The summed E-state index contributed by atoms with van der Waals surface area (Å²) < 4.78 is 0. The van der Waals surface area contributed by atoms with Gasteiger partial charge in [0.15, 0.2) is 0 Å². The Labute approximate surface area is 101 Å². The predicted molar refractivity (Wildman–Crippen MR) is 67.4 cm³/mol. The number of nitrogens with two attached hydrogens (primary N) is 1. The average Bonchev–Trinajstić information content (AvgIpc) is 2.90. The molecule has 0 aliphatic heterocycles. The van der Waals surface area contributed by atoms with Crippen LogP contribution in [-0.4, -0.2) is 16.0 Å². The lowest BCUT2D eigenvalue weighted by molar-refractivity contribution is 0.439. The number of hydrogen-bond donors (Lipinski definition) is 3. The summed E-state index contributed by atoms with van der Waals surface area (Å²) in [5, 5.41) is 3.54. The van der Waals surface area contributed by atoms with Crippen LogP contribution < -0.4 is 16.6 Å². The predicted octanol–water partition coefficient (Wildman–Crippen LogP) is 1.67. The van der Waals surface area contributed by atoms with Gasteiger partial charge in [-0.05, 0) is 38.0 Å². The molecule has 92 valence electrons. The van der Waals surface area contributed by atoms with Crippen molar-refractivity contribution < 1.29 is 0 Å². The van der Waals surface area contributed by atoms with E-state index in [2.05, 4.69) is 20.7 Å². The van der Waals surface area contributed by atoms with Gasteiger partial charge >= 0.3 is 0 Å². The average molecular weight is 233 g/mol. The second-order valence-electron chi connectivity index (χ2n) is 5.26. The van der Waals surface area contributed by atoms with Gasteiger partial charge in [-0.15, -0.1) is 0 Å². The van der Waals surface area contributed by atoms with Gasteiger partial charge in [-0.25, -0.2) is 15.8 Å². The van der Waals surface area contributed by atoms with Crippen molar-refractivity contribution >= 4 is 11.6 Å². The van der Waals surface area contributed by atoms with Crippen LogP contribution in [0.15, 0.2) is 6.07 Å². The molecule has 2 bridgehead atoms. The number of aromatic nitrogens is 2. The normalized spacial score (nSPS) is 30.6. The number of nitrogens with one attached hydrogen (secondary N) is 2. The molecule has 2 aliphatic carbocycles. The fourth-order valence-corrected chi connectivity index (χ4v) is 3.33. The SMILES string of the molecule is Cc1nc(NN)cc(NC2CC3CCC2C3)n1. The minimum Gasteiger partial charge on any atom is -0.367 e. The summed E-state index contributed by atoms with van der Waals surface area (Å²) in [6, 6.07) is 2.47. The maximum absolute atomic E-state index is 5.39. The van der Waals surface area contributed by atoms with Crippen molar-refractivity contribution in [2.24, 2.45) is 17.7 Å². The fourth-order valence-electron chi connectivity index (χ4n) is 3.33. The second-order valence-corrected chi connectivity index (χ2v) is 5.26. The van der Waals surface area contributed by atoms with Gasteiger partial charge < -0.3 is 10.7 Å². The molecule has 1 aromatic rings. The van der Waals surface area contributed by atoms with Crippen molar-refractivity contribution in [3.8, 4) is 0 Å². The second kappa shape index (κ2) is 4.14. The van der Waals surface area contributed by atoms with Gasteiger partial charge in [0.25, 0.3) is 0 Å².